The van der Waals surface area contributed by atoms with E-state index < -0.39 is 0 Å². The Kier molecular flexibility index (Phi) is 3.97. The van der Waals surface area contributed by atoms with Gasteiger partial charge in [-0.15, -0.1) is 0 Å². The van der Waals surface area contributed by atoms with Gasteiger partial charge in [0.2, 0.25) is 0 Å². The van der Waals surface area contributed by atoms with Gasteiger partial charge >= 0.3 is 0 Å². The first-order valence-corrected chi connectivity index (χ1v) is 6.77. The number of para-hydroxylation sites is 1. The van der Waals surface area contributed by atoms with E-state index in [2.05, 4.69) is 50.4 Å². The molecule has 19 heavy (non-hydrogen) atoms. The Morgan fingerprint density at radius 2 is 2.16 bits per heavy atom. The molecule has 0 aliphatic rings. The monoisotopic (exact) mass is 261 g/mol. The van der Waals surface area contributed by atoms with E-state index in [4.69, 9.17) is 9.15 Å². The molecule has 0 amide bonds. The smallest absolute Gasteiger partial charge is 0.137 e. The average molecular weight is 261 g/mol. The molecule has 1 N–H and O–H groups in total. The molecule has 2 unspecified atom stereocenters. The quantitative estimate of drug-likeness (QED) is 0.888. The lowest BCUT2D eigenvalue weighted by Gasteiger charge is -2.34. The van der Waals surface area contributed by atoms with Crippen LogP contribution in [0.4, 0.5) is 0 Å². The van der Waals surface area contributed by atoms with Gasteiger partial charge in [0.05, 0.1) is 11.6 Å². The zero-order chi connectivity index (χ0) is 14.0. The topological polar surface area (TPSA) is 34.4 Å². The van der Waals surface area contributed by atoms with Gasteiger partial charge in [-0.1, -0.05) is 25.1 Å². The van der Waals surface area contributed by atoms with Gasteiger partial charge < -0.3 is 14.5 Å². The van der Waals surface area contributed by atoms with Crippen molar-refractivity contribution in [1.29, 1.82) is 0 Å². The van der Waals surface area contributed by atoms with Gasteiger partial charge in [0.25, 0.3) is 0 Å². The Hall–Kier alpha value is -1.32. The zero-order valence-electron chi connectivity index (χ0n) is 12.4. The molecule has 0 spiro atoms. The minimum Gasteiger partial charge on any atom is -0.459 e. The number of rotatable bonds is 5. The van der Waals surface area contributed by atoms with Crippen LogP contribution < -0.4 is 5.32 Å². The van der Waals surface area contributed by atoms with E-state index >= 15 is 0 Å². The minimum absolute atomic E-state index is 0.0364. The van der Waals surface area contributed by atoms with Gasteiger partial charge in [-0.05, 0) is 38.9 Å². The number of ether oxygens (including phenoxy) is 1. The van der Waals surface area contributed by atoms with Crippen LogP contribution in [0.1, 0.15) is 37.6 Å². The maximum Gasteiger partial charge on any atom is 0.137 e. The Bertz CT molecular complexity index is 555. The van der Waals surface area contributed by atoms with Crippen LogP contribution in [0.5, 0.6) is 0 Å². The molecule has 1 aromatic carbocycles. The summed E-state index contributed by atoms with van der Waals surface area (Å²) in [6.45, 7) is 6.30. The first-order chi connectivity index (χ1) is 9.05. The zero-order valence-corrected chi connectivity index (χ0v) is 12.4. The molecule has 0 saturated carbocycles. The first-order valence-electron chi connectivity index (χ1n) is 6.77. The molecular formula is C16H23NO2. The van der Waals surface area contributed by atoms with Crippen molar-refractivity contribution in [3.05, 3.63) is 35.6 Å². The van der Waals surface area contributed by atoms with Gasteiger partial charge in [-0.2, -0.15) is 0 Å². The molecular weight excluding hydrogens is 238 g/mol. The van der Waals surface area contributed by atoms with Crippen molar-refractivity contribution in [2.75, 3.05) is 14.2 Å². The summed E-state index contributed by atoms with van der Waals surface area (Å²) in [4.78, 5) is 0. The lowest BCUT2D eigenvalue weighted by atomic mass is 9.91. The molecule has 3 nitrogen and oxygen atoms in total. The maximum atomic E-state index is 6.06. The van der Waals surface area contributed by atoms with Crippen molar-refractivity contribution >= 4 is 11.0 Å². The number of fused-ring (bicyclic) bond motifs is 1. The summed E-state index contributed by atoms with van der Waals surface area (Å²) >= 11 is 0. The van der Waals surface area contributed by atoms with Gasteiger partial charge in [0, 0.05) is 12.5 Å². The van der Waals surface area contributed by atoms with E-state index in [1.165, 1.54) is 0 Å². The van der Waals surface area contributed by atoms with E-state index in [0.717, 1.165) is 28.7 Å². The molecule has 0 fully saturated rings. The predicted octanol–water partition coefficient (Wildman–Crippen LogP) is 3.82. The van der Waals surface area contributed by atoms with Crippen LogP contribution in [0.2, 0.25) is 0 Å². The molecule has 2 rings (SSSR count). The lowest BCUT2D eigenvalue weighted by Crippen LogP contribution is -2.41. The predicted molar refractivity (Wildman–Crippen MR) is 78.5 cm³/mol. The average Bonchev–Trinajstić information content (AvgIpc) is 2.84. The first kappa shape index (κ1) is 14.1. The molecule has 1 aromatic heterocycles. The molecule has 104 valence electrons. The largest absolute Gasteiger partial charge is 0.459 e. The van der Waals surface area contributed by atoms with Crippen LogP contribution >= 0.6 is 0 Å². The Morgan fingerprint density at radius 3 is 2.68 bits per heavy atom. The number of likely N-dealkylation sites (N-methyl/N-ethyl adjacent to an activating group) is 1. The molecule has 3 heteroatoms. The van der Waals surface area contributed by atoms with E-state index in [-0.39, 0.29) is 11.6 Å². The summed E-state index contributed by atoms with van der Waals surface area (Å²) in [6.07, 6.45) is 0.908. The van der Waals surface area contributed by atoms with Crippen LogP contribution in [0.25, 0.3) is 11.0 Å². The number of methoxy groups -OCH3 is 1. The molecule has 0 aliphatic carbocycles. The summed E-state index contributed by atoms with van der Waals surface area (Å²) in [7, 11) is 3.69. The van der Waals surface area contributed by atoms with Crippen LogP contribution in [0.15, 0.2) is 28.7 Å². The molecule has 0 bridgehead atoms. The third-order valence-corrected chi connectivity index (χ3v) is 4.11. The van der Waals surface area contributed by atoms with Gasteiger partial charge in [0.1, 0.15) is 11.3 Å². The summed E-state index contributed by atoms with van der Waals surface area (Å²) in [5.74, 6) is 0.929. The fraction of sp³-hybridized carbons (Fsp3) is 0.500. The van der Waals surface area contributed by atoms with E-state index in [1.54, 1.807) is 7.11 Å². The standard InChI is InChI=1S/C16H23NO2/c1-6-16(3,18-5)15(17-4)13-10-12-9-7-8-11(2)14(12)19-13/h7-10,15,17H,6H2,1-5H3. The fourth-order valence-electron chi connectivity index (χ4n) is 2.59. The molecule has 0 radical (unpaired) electrons. The maximum absolute atomic E-state index is 6.06. The van der Waals surface area contributed by atoms with E-state index in [0.29, 0.717) is 0 Å². The summed E-state index contributed by atoms with van der Waals surface area (Å²) in [5.41, 5.74) is 1.85. The minimum atomic E-state index is -0.281. The Labute approximate surface area is 114 Å². The van der Waals surface area contributed by atoms with E-state index in [1.807, 2.05) is 7.05 Å². The number of furan rings is 1. The number of aryl methyl sites for hydroxylation is 1. The van der Waals surface area contributed by atoms with Crippen molar-refractivity contribution in [2.45, 2.75) is 38.8 Å². The van der Waals surface area contributed by atoms with E-state index in [9.17, 15) is 0 Å². The Morgan fingerprint density at radius 1 is 1.42 bits per heavy atom. The van der Waals surface area contributed by atoms with Crippen LogP contribution in [0.3, 0.4) is 0 Å². The second kappa shape index (κ2) is 5.35. The van der Waals surface area contributed by atoms with Gasteiger partial charge in [-0.25, -0.2) is 0 Å². The van der Waals surface area contributed by atoms with Crippen LogP contribution in [-0.4, -0.2) is 19.8 Å². The fourth-order valence-corrected chi connectivity index (χ4v) is 2.59. The SMILES string of the molecule is CCC(C)(OC)C(NC)c1cc2cccc(C)c2o1. The molecule has 0 saturated heterocycles. The van der Waals surface area contributed by atoms with Crippen molar-refractivity contribution in [3.8, 4) is 0 Å². The van der Waals surface area contributed by atoms with Gasteiger partial charge in [-0.3, -0.25) is 0 Å². The summed E-state index contributed by atoms with van der Waals surface area (Å²) in [5, 5.41) is 4.47. The van der Waals surface area contributed by atoms with Crippen LogP contribution in [0, 0.1) is 6.92 Å². The summed E-state index contributed by atoms with van der Waals surface area (Å²) in [6, 6.07) is 8.35. The molecule has 2 aromatic rings. The third-order valence-electron chi connectivity index (χ3n) is 4.11. The summed E-state index contributed by atoms with van der Waals surface area (Å²) < 4.78 is 11.8. The number of benzene rings is 1. The lowest BCUT2D eigenvalue weighted by molar-refractivity contribution is -0.0330. The van der Waals surface area contributed by atoms with Gasteiger partial charge in [0.15, 0.2) is 0 Å². The Balaban J connectivity index is 2.49. The highest BCUT2D eigenvalue weighted by Gasteiger charge is 2.35. The number of nitrogens with one attached hydrogen (secondary N) is 1. The molecule has 0 aliphatic heterocycles. The van der Waals surface area contributed by atoms with Crippen molar-refractivity contribution in [2.24, 2.45) is 0 Å². The van der Waals surface area contributed by atoms with Crippen molar-refractivity contribution in [1.82, 2.24) is 5.32 Å². The second-order valence-electron chi connectivity index (χ2n) is 5.23. The van der Waals surface area contributed by atoms with Crippen molar-refractivity contribution in [3.63, 3.8) is 0 Å². The number of hydrogen-bond acceptors (Lipinski definition) is 3. The number of hydrogen-bond donors (Lipinski definition) is 1. The highest BCUT2D eigenvalue weighted by atomic mass is 16.5. The highest BCUT2D eigenvalue weighted by molar-refractivity contribution is 5.81. The van der Waals surface area contributed by atoms with Crippen LogP contribution in [-0.2, 0) is 4.74 Å². The molecule has 1 heterocycles. The third kappa shape index (κ3) is 2.40. The highest BCUT2D eigenvalue weighted by Crippen LogP contribution is 2.35. The second-order valence-corrected chi connectivity index (χ2v) is 5.23. The normalized spacial score (nSPS) is 16.5. The van der Waals surface area contributed by atoms with Crippen molar-refractivity contribution < 1.29 is 9.15 Å². The molecule has 2 atom stereocenters.